The minimum Gasteiger partial charge on any atom is -0.465 e. The number of hydrogen-bond acceptors (Lipinski definition) is 3. The zero-order valence-corrected chi connectivity index (χ0v) is 8.45. The number of Topliss-reactive ketones (excluding diaryl/α,β-unsaturated/α-hetero) is 2. The van der Waals surface area contributed by atoms with E-state index in [0.717, 1.165) is 11.3 Å². The Labute approximate surface area is 82.7 Å². The van der Waals surface area contributed by atoms with Crippen LogP contribution in [0.5, 0.6) is 0 Å². The zero-order valence-electron chi connectivity index (χ0n) is 8.45. The minimum atomic E-state index is -0.907. The van der Waals surface area contributed by atoms with Crippen LogP contribution in [0.1, 0.15) is 25.7 Å². The van der Waals surface area contributed by atoms with E-state index < -0.39 is 6.09 Å². The lowest BCUT2D eigenvalue weighted by Gasteiger charge is -2.04. The molecule has 0 atom stereocenters. The van der Waals surface area contributed by atoms with E-state index in [-0.39, 0.29) is 18.0 Å². The standard InChI is InChI=1S/C6H8O2.C3H7NO2/c7-5-2-1-3-6(8)4-5;1-4(2)3(5)6/h1-4H2;1-2H3,(H,5,6). The molecule has 1 N–H and O–H groups in total. The highest BCUT2D eigenvalue weighted by Crippen LogP contribution is 2.09. The molecule has 0 aromatic rings. The van der Waals surface area contributed by atoms with E-state index in [1.165, 1.54) is 14.1 Å². The molecule has 0 unspecified atom stereocenters. The molecule has 5 heteroatoms. The number of carbonyl (C=O) groups is 3. The fourth-order valence-corrected chi connectivity index (χ4v) is 0.879. The molecule has 1 aliphatic carbocycles. The van der Waals surface area contributed by atoms with Crippen molar-refractivity contribution >= 4 is 17.7 Å². The summed E-state index contributed by atoms with van der Waals surface area (Å²) in [4.78, 5) is 31.6. The van der Waals surface area contributed by atoms with Crippen LogP contribution in [0.2, 0.25) is 0 Å². The van der Waals surface area contributed by atoms with Crippen molar-refractivity contribution in [2.45, 2.75) is 25.7 Å². The summed E-state index contributed by atoms with van der Waals surface area (Å²) in [7, 11) is 2.95. The highest BCUT2D eigenvalue weighted by molar-refractivity contribution is 6.01. The average molecular weight is 201 g/mol. The molecule has 14 heavy (non-hydrogen) atoms. The van der Waals surface area contributed by atoms with Gasteiger partial charge in [-0.25, -0.2) is 4.79 Å². The predicted molar refractivity (Wildman–Crippen MR) is 50.2 cm³/mol. The van der Waals surface area contributed by atoms with Gasteiger partial charge in [-0.15, -0.1) is 0 Å². The second-order valence-electron chi connectivity index (χ2n) is 3.28. The van der Waals surface area contributed by atoms with Gasteiger partial charge in [-0.3, -0.25) is 9.59 Å². The lowest BCUT2D eigenvalue weighted by Crippen LogP contribution is -2.18. The van der Waals surface area contributed by atoms with Gasteiger partial charge >= 0.3 is 6.09 Å². The monoisotopic (exact) mass is 201 g/mol. The summed E-state index contributed by atoms with van der Waals surface area (Å²) < 4.78 is 0. The molecule has 1 aliphatic rings. The molecule has 0 aliphatic heterocycles. The van der Waals surface area contributed by atoms with Gasteiger partial charge in [0, 0.05) is 26.9 Å². The molecule has 1 rings (SSSR count). The van der Waals surface area contributed by atoms with Crippen LogP contribution in [-0.2, 0) is 9.59 Å². The molecule has 0 spiro atoms. The Morgan fingerprint density at radius 3 is 1.71 bits per heavy atom. The first kappa shape index (κ1) is 12.6. The summed E-state index contributed by atoms with van der Waals surface area (Å²) in [6.07, 6.45) is 1.30. The number of amides is 1. The third kappa shape index (κ3) is 6.16. The first-order valence-electron chi connectivity index (χ1n) is 4.37. The van der Waals surface area contributed by atoms with Crippen molar-refractivity contribution in [3.63, 3.8) is 0 Å². The quantitative estimate of drug-likeness (QED) is 0.591. The molecular formula is C9H15NO4. The van der Waals surface area contributed by atoms with Crippen LogP contribution in [0.15, 0.2) is 0 Å². The lowest BCUT2D eigenvalue weighted by atomic mass is 9.98. The third-order valence-corrected chi connectivity index (χ3v) is 1.69. The van der Waals surface area contributed by atoms with Gasteiger partial charge in [0.15, 0.2) is 0 Å². The number of nitrogens with zero attached hydrogens (tertiary/aromatic N) is 1. The maximum absolute atomic E-state index is 10.5. The molecule has 1 amide bonds. The van der Waals surface area contributed by atoms with E-state index in [0.29, 0.717) is 12.8 Å². The average Bonchev–Trinajstić information content (AvgIpc) is 2.04. The van der Waals surface area contributed by atoms with Gasteiger partial charge in [-0.05, 0) is 6.42 Å². The van der Waals surface area contributed by atoms with Crippen LogP contribution < -0.4 is 0 Å². The molecule has 0 aromatic carbocycles. The van der Waals surface area contributed by atoms with E-state index in [4.69, 9.17) is 5.11 Å². The molecule has 5 nitrogen and oxygen atoms in total. The van der Waals surface area contributed by atoms with Crippen LogP contribution in [0.4, 0.5) is 4.79 Å². The summed E-state index contributed by atoms with van der Waals surface area (Å²) in [5.74, 6) is 0.225. The Bertz CT molecular complexity index is 221. The van der Waals surface area contributed by atoms with Crippen LogP contribution >= 0.6 is 0 Å². The van der Waals surface area contributed by atoms with Gasteiger partial charge in [0.2, 0.25) is 0 Å². The number of hydrogen-bond donors (Lipinski definition) is 1. The van der Waals surface area contributed by atoms with Crippen LogP contribution in [0.3, 0.4) is 0 Å². The number of rotatable bonds is 0. The highest BCUT2D eigenvalue weighted by atomic mass is 16.4. The van der Waals surface area contributed by atoms with E-state index in [1.807, 2.05) is 0 Å². The van der Waals surface area contributed by atoms with E-state index in [9.17, 15) is 14.4 Å². The van der Waals surface area contributed by atoms with Crippen molar-refractivity contribution in [2.75, 3.05) is 14.1 Å². The summed E-state index contributed by atoms with van der Waals surface area (Å²) >= 11 is 0. The van der Waals surface area contributed by atoms with Gasteiger partial charge in [-0.1, -0.05) is 0 Å². The van der Waals surface area contributed by atoms with Crippen molar-refractivity contribution in [3.8, 4) is 0 Å². The Balaban J connectivity index is 0.000000255. The van der Waals surface area contributed by atoms with Crippen molar-refractivity contribution in [3.05, 3.63) is 0 Å². The smallest absolute Gasteiger partial charge is 0.406 e. The Morgan fingerprint density at radius 1 is 1.21 bits per heavy atom. The van der Waals surface area contributed by atoms with E-state index in [2.05, 4.69) is 0 Å². The molecule has 0 aromatic heterocycles. The van der Waals surface area contributed by atoms with Crippen LogP contribution in [0.25, 0.3) is 0 Å². The second kappa shape index (κ2) is 6.12. The molecule has 0 bridgehead atoms. The SMILES string of the molecule is CN(C)C(=O)O.O=C1CCCC(=O)C1. The Hall–Kier alpha value is -1.39. The Kier molecular flexibility index (Phi) is 5.52. The fraction of sp³-hybridized carbons (Fsp3) is 0.667. The van der Waals surface area contributed by atoms with Gasteiger partial charge in [0.1, 0.15) is 11.6 Å². The molecule has 0 heterocycles. The van der Waals surface area contributed by atoms with Crippen molar-refractivity contribution in [1.29, 1.82) is 0 Å². The topological polar surface area (TPSA) is 74.7 Å². The maximum Gasteiger partial charge on any atom is 0.406 e. The Morgan fingerprint density at radius 2 is 1.57 bits per heavy atom. The summed E-state index contributed by atoms with van der Waals surface area (Å²) in [5, 5.41) is 7.92. The highest BCUT2D eigenvalue weighted by Gasteiger charge is 2.14. The van der Waals surface area contributed by atoms with Gasteiger partial charge < -0.3 is 10.0 Å². The normalized spacial score (nSPS) is 15.6. The fourth-order valence-electron chi connectivity index (χ4n) is 0.879. The van der Waals surface area contributed by atoms with Crippen molar-refractivity contribution in [1.82, 2.24) is 4.90 Å². The van der Waals surface area contributed by atoms with Gasteiger partial charge in [0.25, 0.3) is 0 Å². The minimum absolute atomic E-state index is 0.112. The molecule has 0 radical (unpaired) electrons. The third-order valence-electron chi connectivity index (χ3n) is 1.69. The van der Waals surface area contributed by atoms with Gasteiger partial charge in [0.05, 0.1) is 6.42 Å². The van der Waals surface area contributed by atoms with Crippen LogP contribution in [-0.4, -0.2) is 41.8 Å². The zero-order chi connectivity index (χ0) is 11.1. The van der Waals surface area contributed by atoms with Gasteiger partial charge in [-0.2, -0.15) is 0 Å². The first-order valence-corrected chi connectivity index (χ1v) is 4.37. The molecular weight excluding hydrogens is 186 g/mol. The van der Waals surface area contributed by atoms with Crippen molar-refractivity contribution in [2.24, 2.45) is 0 Å². The van der Waals surface area contributed by atoms with E-state index in [1.54, 1.807) is 0 Å². The molecule has 0 saturated heterocycles. The summed E-state index contributed by atoms with van der Waals surface area (Å²) in [5.41, 5.74) is 0. The number of carbonyl (C=O) groups excluding carboxylic acids is 2. The predicted octanol–water partition coefficient (Wildman–Crippen LogP) is 0.925. The summed E-state index contributed by atoms with van der Waals surface area (Å²) in [6, 6.07) is 0. The second-order valence-corrected chi connectivity index (χ2v) is 3.28. The number of carboxylic acid groups (broad SMARTS) is 1. The van der Waals surface area contributed by atoms with E-state index >= 15 is 0 Å². The lowest BCUT2D eigenvalue weighted by molar-refractivity contribution is -0.129. The number of ketones is 2. The summed E-state index contributed by atoms with van der Waals surface area (Å²) in [6.45, 7) is 0. The molecule has 1 fully saturated rings. The largest absolute Gasteiger partial charge is 0.465 e. The van der Waals surface area contributed by atoms with Crippen LogP contribution in [0, 0.1) is 0 Å². The molecule has 80 valence electrons. The van der Waals surface area contributed by atoms with Crippen molar-refractivity contribution < 1.29 is 19.5 Å². The first-order chi connectivity index (χ1) is 6.43. The molecule has 1 saturated carbocycles. The maximum atomic E-state index is 10.5.